The molecule has 0 aliphatic rings. The van der Waals surface area contributed by atoms with E-state index in [4.69, 9.17) is 21.1 Å². The number of hydrogen-bond donors (Lipinski definition) is 3. The minimum absolute atomic E-state index is 0.0809. The Labute approximate surface area is 184 Å². The van der Waals surface area contributed by atoms with E-state index in [1.54, 1.807) is 48.5 Å². The Balaban J connectivity index is 1.74. The fourth-order valence-corrected chi connectivity index (χ4v) is 3.88. The number of carbonyl (C=O) groups excluding carboxylic acids is 1. The first-order valence-corrected chi connectivity index (χ1v) is 10.8. The van der Waals surface area contributed by atoms with E-state index in [1.165, 1.54) is 19.2 Å². The molecular weight excluding hydrogens is 444 g/mol. The normalized spacial score (nSPS) is 10.9. The largest absolute Gasteiger partial charge is 0.506 e. The Hall–Kier alpha value is -3.43. The van der Waals surface area contributed by atoms with Gasteiger partial charge in [-0.1, -0.05) is 29.8 Å². The Kier molecular flexibility index (Phi) is 6.88. The van der Waals surface area contributed by atoms with Gasteiger partial charge in [0.1, 0.15) is 17.2 Å². The molecule has 3 N–H and O–H groups in total. The van der Waals surface area contributed by atoms with E-state index in [2.05, 4.69) is 10.0 Å². The van der Waals surface area contributed by atoms with Crippen LogP contribution in [-0.2, 0) is 14.8 Å². The predicted octanol–water partition coefficient (Wildman–Crippen LogP) is 3.87. The minimum Gasteiger partial charge on any atom is -0.506 e. The summed E-state index contributed by atoms with van der Waals surface area (Å²) < 4.78 is 38.4. The maximum atomic E-state index is 12.8. The second kappa shape index (κ2) is 9.59. The second-order valence-corrected chi connectivity index (χ2v) is 8.40. The fraction of sp³-hybridized carbons (Fsp3) is 0.0952. The molecule has 3 aromatic carbocycles. The summed E-state index contributed by atoms with van der Waals surface area (Å²) in [5.41, 5.74) is 0.168. The van der Waals surface area contributed by atoms with Crippen LogP contribution in [0.15, 0.2) is 71.6 Å². The topological polar surface area (TPSA) is 114 Å². The smallest absolute Gasteiger partial charge is 0.262 e. The number of sulfonamides is 1. The maximum Gasteiger partial charge on any atom is 0.262 e. The van der Waals surface area contributed by atoms with Crippen molar-refractivity contribution >= 4 is 38.9 Å². The van der Waals surface area contributed by atoms with Crippen molar-refractivity contribution < 1.29 is 27.8 Å². The molecule has 0 spiro atoms. The van der Waals surface area contributed by atoms with Crippen LogP contribution in [0.2, 0.25) is 5.02 Å². The average Bonchev–Trinajstić information content (AvgIpc) is 2.74. The van der Waals surface area contributed by atoms with Gasteiger partial charge in [-0.15, -0.1) is 0 Å². The SMILES string of the molecule is COc1ccccc1NS(=O)(=O)c1ccc(O)c(NC(=O)COc2cccc(Cl)c2)c1. The summed E-state index contributed by atoms with van der Waals surface area (Å²) in [5.74, 6) is -0.157. The van der Waals surface area contributed by atoms with E-state index in [1.807, 2.05) is 0 Å². The number of amides is 1. The first-order valence-electron chi connectivity index (χ1n) is 8.95. The molecule has 3 aromatic rings. The van der Waals surface area contributed by atoms with Crippen molar-refractivity contribution in [3.63, 3.8) is 0 Å². The number of phenolic OH excluding ortho intramolecular Hbond substituents is 1. The van der Waals surface area contributed by atoms with Crippen LogP contribution in [-0.4, -0.2) is 33.1 Å². The zero-order chi connectivity index (χ0) is 22.4. The molecule has 31 heavy (non-hydrogen) atoms. The molecule has 10 heteroatoms. The third-order valence-corrected chi connectivity index (χ3v) is 5.67. The molecule has 0 unspecified atom stereocenters. The summed E-state index contributed by atoms with van der Waals surface area (Å²) in [6.07, 6.45) is 0. The van der Waals surface area contributed by atoms with Crippen molar-refractivity contribution in [2.45, 2.75) is 4.90 Å². The molecule has 0 aromatic heterocycles. The van der Waals surface area contributed by atoms with Crippen molar-refractivity contribution in [1.82, 2.24) is 0 Å². The number of nitrogens with one attached hydrogen (secondary N) is 2. The quantitative estimate of drug-likeness (QED) is 0.438. The van der Waals surface area contributed by atoms with Gasteiger partial charge in [-0.3, -0.25) is 9.52 Å². The van der Waals surface area contributed by atoms with Crippen LogP contribution in [0.5, 0.6) is 17.2 Å². The Bertz CT molecular complexity index is 1200. The molecule has 0 aliphatic carbocycles. The standard InChI is InChI=1S/C21H19ClN2O6S/c1-29-20-8-3-2-7-17(20)24-31(27,28)16-9-10-19(25)18(12-16)23-21(26)13-30-15-6-4-5-14(22)11-15/h2-12,24-25H,13H2,1H3,(H,23,26). The van der Waals surface area contributed by atoms with E-state index in [0.29, 0.717) is 16.5 Å². The molecule has 1 amide bonds. The molecule has 0 atom stereocenters. The van der Waals surface area contributed by atoms with E-state index in [-0.39, 0.29) is 28.6 Å². The Morgan fingerprint density at radius 1 is 1.03 bits per heavy atom. The van der Waals surface area contributed by atoms with Crippen molar-refractivity contribution in [3.05, 3.63) is 71.8 Å². The van der Waals surface area contributed by atoms with Gasteiger partial charge in [0.2, 0.25) is 0 Å². The molecule has 0 saturated carbocycles. The van der Waals surface area contributed by atoms with E-state index in [9.17, 15) is 18.3 Å². The number of aromatic hydroxyl groups is 1. The van der Waals surface area contributed by atoms with Crippen molar-refractivity contribution in [3.8, 4) is 17.2 Å². The van der Waals surface area contributed by atoms with Gasteiger partial charge in [-0.25, -0.2) is 8.42 Å². The zero-order valence-electron chi connectivity index (χ0n) is 16.3. The van der Waals surface area contributed by atoms with Crippen molar-refractivity contribution in [2.75, 3.05) is 23.8 Å². The van der Waals surface area contributed by atoms with Gasteiger partial charge >= 0.3 is 0 Å². The van der Waals surface area contributed by atoms with Gasteiger partial charge in [-0.05, 0) is 48.5 Å². The predicted molar refractivity (Wildman–Crippen MR) is 117 cm³/mol. The minimum atomic E-state index is -4.02. The summed E-state index contributed by atoms with van der Waals surface area (Å²) in [4.78, 5) is 12.0. The number of hydrogen-bond acceptors (Lipinski definition) is 6. The van der Waals surface area contributed by atoms with E-state index in [0.717, 1.165) is 6.07 Å². The number of methoxy groups -OCH3 is 1. The van der Waals surface area contributed by atoms with E-state index >= 15 is 0 Å². The van der Waals surface area contributed by atoms with Gasteiger partial charge in [-0.2, -0.15) is 0 Å². The third kappa shape index (κ3) is 5.80. The molecule has 162 valence electrons. The molecule has 3 rings (SSSR count). The monoisotopic (exact) mass is 462 g/mol. The number of ether oxygens (including phenoxy) is 2. The lowest BCUT2D eigenvalue weighted by atomic mass is 10.3. The zero-order valence-corrected chi connectivity index (χ0v) is 17.9. The Morgan fingerprint density at radius 3 is 2.55 bits per heavy atom. The first-order chi connectivity index (χ1) is 14.8. The van der Waals surface area contributed by atoms with Crippen LogP contribution in [0.3, 0.4) is 0 Å². The fourth-order valence-electron chi connectivity index (χ4n) is 2.61. The first kappa shape index (κ1) is 22.3. The molecular formula is C21H19ClN2O6S. The number of phenols is 1. The molecule has 8 nitrogen and oxygen atoms in total. The summed E-state index contributed by atoms with van der Waals surface area (Å²) in [7, 11) is -2.60. The number of anilines is 2. The maximum absolute atomic E-state index is 12.8. The van der Waals surface area contributed by atoms with Crippen LogP contribution < -0.4 is 19.5 Å². The number of para-hydroxylation sites is 2. The van der Waals surface area contributed by atoms with Crippen molar-refractivity contribution in [2.24, 2.45) is 0 Å². The van der Waals surface area contributed by atoms with Gasteiger partial charge in [0.05, 0.1) is 23.4 Å². The van der Waals surface area contributed by atoms with Crippen molar-refractivity contribution in [1.29, 1.82) is 0 Å². The third-order valence-electron chi connectivity index (χ3n) is 4.07. The molecule has 0 bridgehead atoms. The van der Waals surface area contributed by atoms with Crippen LogP contribution in [0, 0.1) is 0 Å². The molecule has 0 radical (unpaired) electrons. The molecule has 0 fully saturated rings. The summed E-state index contributed by atoms with van der Waals surface area (Å²) >= 11 is 5.86. The number of carbonyl (C=O) groups is 1. The van der Waals surface area contributed by atoms with Crippen LogP contribution >= 0.6 is 11.6 Å². The van der Waals surface area contributed by atoms with Crippen LogP contribution in [0.25, 0.3) is 0 Å². The summed E-state index contributed by atoms with van der Waals surface area (Å²) in [6, 6.07) is 16.6. The highest BCUT2D eigenvalue weighted by molar-refractivity contribution is 7.92. The summed E-state index contributed by atoms with van der Waals surface area (Å²) in [5, 5.41) is 12.9. The highest BCUT2D eigenvalue weighted by Crippen LogP contribution is 2.30. The molecule has 0 aliphatic heterocycles. The van der Waals surface area contributed by atoms with Crippen LogP contribution in [0.4, 0.5) is 11.4 Å². The molecule has 0 heterocycles. The highest BCUT2D eigenvalue weighted by Gasteiger charge is 2.19. The highest BCUT2D eigenvalue weighted by atomic mass is 35.5. The van der Waals surface area contributed by atoms with Crippen LogP contribution in [0.1, 0.15) is 0 Å². The summed E-state index contributed by atoms with van der Waals surface area (Å²) in [6.45, 7) is -0.365. The number of benzene rings is 3. The van der Waals surface area contributed by atoms with Gasteiger partial charge in [0.25, 0.3) is 15.9 Å². The average molecular weight is 463 g/mol. The van der Waals surface area contributed by atoms with Gasteiger partial charge in [0.15, 0.2) is 6.61 Å². The Morgan fingerprint density at radius 2 is 1.81 bits per heavy atom. The van der Waals surface area contributed by atoms with Gasteiger partial charge < -0.3 is 19.9 Å². The lowest BCUT2D eigenvalue weighted by molar-refractivity contribution is -0.118. The number of rotatable bonds is 8. The van der Waals surface area contributed by atoms with E-state index < -0.39 is 15.9 Å². The van der Waals surface area contributed by atoms with Gasteiger partial charge in [0, 0.05) is 5.02 Å². The number of halogens is 1. The molecule has 0 saturated heterocycles. The lowest BCUT2D eigenvalue weighted by Gasteiger charge is -2.13. The second-order valence-electron chi connectivity index (χ2n) is 6.28. The lowest BCUT2D eigenvalue weighted by Crippen LogP contribution is -2.20.